The van der Waals surface area contributed by atoms with E-state index in [1.807, 2.05) is 25.7 Å². The zero-order valence-electron chi connectivity index (χ0n) is 12.4. The fourth-order valence-electron chi connectivity index (χ4n) is 2.66. The third kappa shape index (κ3) is 3.37. The SMILES string of the molecule is Cc1ccc(F)cc1C(=O)N(CC1CCCN1)C(C)C. The molecule has 0 aliphatic carbocycles. The van der Waals surface area contributed by atoms with Gasteiger partial charge in [0.15, 0.2) is 0 Å². The minimum Gasteiger partial charge on any atom is -0.335 e. The van der Waals surface area contributed by atoms with E-state index in [0.717, 1.165) is 24.9 Å². The van der Waals surface area contributed by atoms with Crippen LogP contribution in [0.3, 0.4) is 0 Å². The Hall–Kier alpha value is -1.42. The molecule has 1 amide bonds. The molecule has 0 saturated carbocycles. The molecule has 1 N–H and O–H groups in total. The van der Waals surface area contributed by atoms with Gasteiger partial charge in [-0.05, 0) is 57.9 Å². The summed E-state index contributed by atoms with van der Waals surface area (Å²) in [6.45, 7) is 7.55. The van der Waals surface area contributed by atoms with Crippen LogP contribution < -0.4 is 5.32 Å². The molecule has 0 radical (unpaired) electrons. The van der Waals surface area contributed by atoms with Crippen molar-refractivity contribution in [2.45, 2.75) is 45.7 Å². The lowest BCUT2D eigenvalue weighted by molar-refractivity contribution is 0.0688. The second kappa shape index (κ2) is 6.35. The maximum atomic E-state index is 13.4. The molecule has 1 unspecified atom stereocenters. The van der Waals surface area contributed by atoms with Gasteiger partial charge >= 0.3 is 0 Å². The van der Waals surface area contributed by atoms with Crippen molar-refractivity contribution in [2.24, 2.45) is 0 Å². The van der Waals surface area contributed by atoms with Crippen molar-refractivity contribution in [1.82, 2.24) is 10.2 Å². The van der Waals surface area contributed by atoms with Crippen molar-refractivity contribution in [3.8, 4) is 0 Å². The van der Waals surface area contributed by atoms with Gasteiger partial charge in [-0.2, -0.15) is 0 Å². The summed E-state index contributed by atoms with van der Waals surface area (Å²) in [6, 6.07) is 4.86. The quantitative estimate of drug-likeness (QED) is 0.918. The highest BCUT2D eigenvalue weighted by atomic mass is 19.1. The van der Waals surface area contributed by atoms with E-state index in [-0.39, 0.29) is 17.8 Å². The van der Waals surface area contributed by atoms with Gasteiger partial charge in [0.2, 0.25) is 0 Å². The van der Waals surface area contributed by atoms with Crippen molar-refractivity contribution >= 4 is 5.91 Å². The van der Waals surface area contributed by atoms with Crippen LogP contribution in [0.1, 0.15) is 42.6 Å². The van der Waals surface area contributed by atoms with E-state index in [0.29, 0.717) is 18.2 Å². The predicted molar refractivity (Wildman–Crippen MR) is 78.3 cm³/mol. The van der Waals surface area contributed by atoms with Crippen LogP contribution in [0, 0.1) is 12.7 Å². The summed E-state index contributed by atoms with van der Waals surface area (Å²) in [4.78, 5) is 14.5. The molecular formula is C16H23FN2O. The van der Waals surface area contributed by atoms with Crippen molar-refractivity contribution in [3.05, 3.63) is 35.1 Å². The zero-order valence-corrected chi connectivity index (χ0v) is 12.4. The first kappa shape index (κ1) is 15.0. The summed E-state index contributed by atoms with van der Waals surface area (Å²) in [6.07, 6.45) is 2.25. The predicted octanol–water partition coefficient (Wildman–Crippen LogP) is 2.74. The largest absolute Gasteiger partial charge is 0.335 e. The Morgan fingerprint density at radius 3 is 2.85 bits per heavy atom. The second-order valence-corrected chi connectivity index (χ2v) is 5.80. The number of halogens is 1. The molecule has 110 valence electrons. The van der Waals surface area contributed by atoms with Gasteiger partial charge in [-0.15, -0.1) is 0 Å². The minimum absolute atomic E-state index is 0.0781. The molecule has 1 fully saturated rings. The van der Waals surface area contributed by atoms with Gasteiger partial charge in [0.1, 0.15) is 5.82 Å². The molecule has 3 nitrogen and oxygen atoms in total. The molecule has 1 saturated heterocycles. The Bertz CT molecular complexity index is 481. The van der Waals surface area contributed by atoms with Crippen LogP contribution in [0.15, 0.2) is 18.2 Å². The third-order valence-corrected chi connectivity index (χ3v) is 3.89. The first-order valence-electron chi connectivity index (χ1n) is 7.29. The molecule has 1 atom stereocenters. The number of aryl methyl sites for hydroxylation is 1. The molecule has 1 aromatic carbocycles. The fraction of sp³-hybridized carbons (Fsp3) is 0.562. The van der Waals surface area contributed by atoms with Crippen LogP contribution in [0.5, 0.6) is 0 Å². The average Bonchev–Trinajstić information content (AvgIpc) is 2.90. The van der Waals surface area contributed by atoms with Crippen LogP contribution in [-0.4, -0.2) is 36.0 Å². The van der Waals surface area contributed by atoms with E-state index in [1.165, 1.54) is 12.1 Å². The Morgan fingerprint density at radius 2 is 2.25 bits per heavy atom. The first-order chi connectivity index (χ1) is 9.49. The number of hydrogen-bond donors (Lipinski definition) is 1. The molecule has 1 aromatic rings. The second-order valence-electron chi connectivity index (χ2n) is 5.80. The molecule has 1 heterocycles. The third-order valence-electron chi connectivity index (χ3n) is 3.89. The lowest BCUT2D eigenvalue weighted by atomic mass is 10.1. The van der Waals surface area contributed by atoms with Gasteiger partial charge < -0.3 is 10.2 Å². The summed E-state index contributed by atoms with van der Waals surface area (Å²) in [5.41, 5.74) is 1.29. The Kier molecular flexibility index (Phi) is 4.76. The number of hydrogen-bond acceptors (Lipinski definition) is 2. The highest BCUT2D eigenvalue weighted by molar-refractivity contribution is 5.95. The number of benzene rings is 1. The number of nitrogens with zero attached hydrogens (tertiary/aromatic N) is 1. The van der Waals surface area contributed by atoms with Gasteiger partial charge in [-0.25, -0.2) is 4.39 Å². The summed E-state index contributed by atoms with van der Waals surface area (Å²) in [5.74, 6) is -0.438. The van der Waals surface area contributed by atoms with E-state index in [1.54, 1.807) is 6.07 Å². The van der Waals surface area contributed by atoms with Gasteiger partial charge in [0.05, 0.1) is 0 Å². The van der Waals surface area contributed by atoms with Gasteiger partial charge in [0.25, 0.3) is 5.91 Å². The first-order valence-corrected chi connectivity index (χ1v) is 7.29. The van der Waals surface area contributed by atoms with Crippen LogP contribution in [0.4, 0.5) is 4.39 Å². The maximum absolute atomic E-state index is 13.4. The highest BCUT2D eigenvalue weighted by Gasteiger charge is 2.25. The Balaban J connectivity index is 2.19. The summed E-state index contributed by atoms with van der Waals surface area (Å²) >= 11 is 0. The van der Waals surface area contributed by atoms with E-state index in [9.17, 15) is 9.18 Å². The van der Waals surface area contributed by atoms with E-state index in [4.69, 9.17) is 0 Å². The summed E-state index contributed by atoms with van der Waals surface area (Å²) in [5, 5.41) is 3.41. The summed E-state index contributed by atoms with van der Waals surface area (Å²) < 4.78 is 13.4. The molecule has 4 heteroatoms. The van der Waals surface area contributed by atoms with Gasteiger partial charge in [-0.3, -0.25) is 4.79 Å². The van der Waals surface area contributed by atoms with Crippen molar-refractivity contribution < 1.29 is 9.18 Å². The highest BCUT2D eigenvalue weighted by Crippen LogP contribution is 2.17. The van der Waals surface area contributed by atoms with E-state index < -0.39 is 0 Å². The van der Waals surface area contributed by atoms with Gasteiger partial charge in [-0.1, -0.05) is 6.07 Å². The Labute approximate surface area is 120 Å². The molecule has 0 spiro atoms. The molecule has 0 bridgehead atoms. The van der Waals surface area contributed by atoms with Crippen molar-refractivity contribution in [3.63, 3.8) is 0 Å². The summed E-state index contributed by atoms with van der Waals surface area (Å²) in [7, 11) is 0. The van der Waals surface area contributed by atoms with Crippen molar-refractivity contribution in [2.75, 3.05) is 13.1 Å². The van der Waals surface area contributed by atoms with Crippen LogP contribution in [0.25, 0.3) is 0 Å². The Morgan fingerprint density at radius 1 is 1.50 bits per heavy atom. The van der Waals surface area contributed by atoms with Crippen LogP contribution in [0.2, 0.25) is 0 Å². The number of nitrogens with one attached hydrogen (secondary N) is 1. The lowest BCUT2D eigenvalue weighted by Gasteiger charge is -2.30. The monoisotopic (exact) mass is 278 g/mol. The number of rotatable bonds is 4. The standard InChI is InChI=1S/C16H23FN2O/c1-11(2)19(10-14-5-4-8-18-14)16(20)15-9-13(17)7-6-12(15)3/h6-7,9,11,14,18H,4-5,8,10H2,1-3H3. The number of carbonyl (C=O) groups excluding carboxylic acids is 1. The number of carbonyl (C=O) groups is 1. The maximum Gasteiger partial charge on any atom is 0.254 e. The van der Waals surface area contributed by atoms with Crippen molar-refractivity contribution in [1.29, 1.82) is 0 Å². The van der Waals surface area contributed by atoms with Gasteiger partial charge in [0, 0.05) is 24.2 Å². The molecule has 0 aromatic heterocycles. The molecule has 20 heavy (non-hydrogen) atoms. The van der Waals surface area contributed by atoms with E-state index in [2.05, 4.69) is 5.32 Å². The number of amides is 1. The fourth-order valence-corrected chi connectivity index (χ4v) is 2.66. The molecule has 1 aliphatic heterocycles. The smallest absolute Gasteiger partial charge is 0.254 e. The normalized spacial score (nSPS) is 18.6. The lowest BCUT2D eigenvalue weighted by Crippen LogP contribution is -2.45. The zero-order chi connectivity index (χ0) is 14.7. The van der Waals surface area contributed by atoms with Crippen LogP contribution >= 0.6 is 0 Å². The molecular weight excluding hydrogens is 255 g/mol. The van der Waals surface area contributed by atoms with E-state index >= 15 is 0 Å². The molecule has 1 aliphatic rings. The minimum atomic E-state index is -0.360. The topological polar surface area (TPSA) is 32.3 Å². The van der Waals surface area contributed by atoms with Crippen LogP contribution in [-0.2, 0) is 0 Å². The molecule has 2 rings (SSSR count). The average molecular weight is 278 g/mol.